The molecule has 0 aromatic carbocycles. The fourth-order valence-corrected chi connectivity index (χ4v) is 9.87. The number of aliphatic hydroxyl groups is 1. The number of hydrogen-bond donors (Lipinski definition) is 1. The second-order valence-electron chi connectivity index (χ2n) is 12.0. The second-order valence-corrected chi connectivity index (χ2v) is 12.0. The Morgan fingerprint density at radius 3 is 2.72 bits per heavy atom. The first-order chi connectivity index (χ1) is 13.9. The van der Waals surface area contributed by atoms with E-state index in [4.69, 9.17) is 6.42 Å². The molecule has 29 heavy (non-hydrogen) atoms. The molecule has 1 heterocycles. The van der Waals surface area contributed by atoms with Crippen LogP contribution in [0.5, 0.6) is 0 Å². The highest BCUT2D eigenvalue weighted by Crippen LogP contribution is 2.83. The van der Waals surface area contributed by atoms with Gasteiger partial charge in [0, 0.05) is 17.9 Å². The number of hydrogen-bond acceptors (Lipinski definition) is 3. The molecule has 158 valence electrons. The van der Waals surface area contributed by atoms with E-state index in [0.29, 0.717) is 35.1 Å². The predicted octanol–water partition coefficient (Wildman–Crippen LogP) is 4.18. The van der Waals surface area contributed by atoms with Gasteiger partial charge in [0.15, 0.2) is 0 Å². The monoisotopic (exact) mass is 395 g/mol. The number of Topliss-reactive ketones (excluding diaryl/α,β-unsaturated/α-hetero) is 1. The molecule has 1 unspecified atom stereocenters. The SMILES string of the molecule is C#C[C@]1(O)CC[C@H]2[C@@H]3CC[C@]45CC(N6CCCC(=O)C6)CC[C@]4(C5)[C@H]3CC[C@@]21C. The van der Waals surface area contributed by atoms with Crippen LogP contribution < -0.4 is 0 Å². The van der Waals surface area contributed by atoms with Crippen LogP contribution in [0.3, 0.4) is 0 Å². The smallest absolute Gasteiger partial charge is 0.146 e. The largest absolute Gasteiger partial charge is 0.377 e. The number of carbonyl (C=O) groups excluding carboxylic acids is 1. The number of fused-ring (bicyclic) bond motifs is 3. The molecule has 0 bridgehead atoms. The van der Waals surface area contributed by atoms with Crippen molar-refractivity contribution in [1.82, 2.24) is 4.90 Å². The predicted molar refractivity (Wildman–Crippen MR) is 113 cm³/mol. The van der Waals surface area contributed by atoms with Gasteiger partial charge in [0.2, 0.25) is 0 Å². The number of piperidine rings is 1. The zero-order chi connectivity index (χ0) is 20.1. The van der Waals surface area contributed by atoms with Crippen molar-refractivity contribution in [2.24, 2.45) is 34.0 Å². The summed E-state index contributed by atoms with van der Waals surface area (Å²) in [5, 5.41) is 11.2. The van der Waals surface area contributed by atoms with Gasteiger partial charge < -0.3 is 5.11 Å². The third kappa shape index (κ3) is 2.26. The Hall–Kier alpha value is -0.850. The van der Waals surface area contributed by atoms with Crippen LogP contribution in [0, 0.1) is 46.3 Å². The molecule has 1 saturated heterocycles. The van der Waals surface area contributed by atoms with Gasteiger partial charge in [-0.3, -0.25) is 9.69 Å². The molecular weight excluding hydrogens is 358 g/mol. The van der Waals surface area contributed by atoms with E-state index in [9.17, 15) is 9.90 Å². The van der Waals surface area contributed by atoms with Crippen LogP contribution in [0.4, 0.5) is 0 Å². The zero-order valence-corrected chi connectivity index (χ0v) is 18.1. The van der Waals surface area contributed by atoms with Gasteiger partial charge in [0.1, 0.15) is 11.4 Å². The van der Waals surface area contributed by atoms with Crippen molar-refractivity contribution in [3.63, 3.8) is 0 Å². The summed E-state index contributed by atoms with van der Waals surface area (Å²) in [4.78, 5) is 14.6. The van der Waals surface area contributed by atoms with Crippen LogP contribution in [-0.4, -0.2) is 40.5 Å². The first-order valence-corrected chi connectivity index (χ1v) is 12.3. The van der Waals surface area contributed by atoms with E-state index in [1.54, 1.807) is 0 Å². The molecule has 3 nitrogen and oxygen atoms in total. The van der Waals surface area contributed by atoms with Crippen LogP contribution in [0.2, 0.25) is 0 Å². The quantitative estimate of drug-likeness (QED) is 0.677. The van der Waals surface area contributed by atoms with E-state index in [1.807, 2.05) is 0 Å². The molecule has 1 aliphatic heterocycles. The maximum absolute atomic E-state index is 12.0. The van der Waals surface area contributed by atoms with Crippen LogP contribution in [0.1, 0.15) is 84.0 Å². The number of rotatable bonds is 1. The molecule has 1 N–H and O–H groups in total. The Balaban J connectivity index is 1.23. The Kier molecular flexibility index (Phi) is 3.83. The molecule has 5 aliphatic carbocycles. The van der Waals surface area contributed by atoms with Gasteiger partial charge in [-0.1, -0.05) is 12.8 Å². The van der Waals surface area contributed by atoms with Gasteiger partial charge >= 0.3 is 0 Å². The van der Waals surface area contributed by atoms with Crippen LogP contribution in [-0.2, 0) is 4.79 Å². The zero-order valence-electron chi connectivity index (χ0n) is 18.1. The molecule has 0 radical (unpaired) electrons. The van der Waals surface area contributed by atoms with Crippen molar-refractivity contribution < 1.29 is 9.90 Å². The molecule has 3 heteroatoms. The second kappa shape index (κ2) is 5.89. The molecule has 6 rings (SSSR count). The average molecular weight is 396 g/mol. The number of nitrogens with zero attached hydrogens (tertiary/aromatic N) is 1. The van der Waals surface area contributed by atoms with Crippen LogP contribution in [0.25, 0.3) is 0 Å². The van der Waals surface area contributed by atoms with Crippen molar-refractivity contribution in [3.8, 4) is 12.3 Å². The van der Waals surface area contributed by atoms with Crippen molar-refractivity contribution in [3.05, 3.63) is 0 Å². The summed E-state index contributed by atoms with van der Waals surface area (Å²) in [6.45, 7) is 4.15. The lowest BCUT2D eigenvalue weighted by Gasteiger charge is -2.57. The van der Waals surface area contributed by atoms with E-state index in [-0.39, 0.29) is 5.41 Å². The topological polar surface area (TPSA) is 40.5 Å². The fraction of sp³-hybridized carbons (Fsp3) is 0.885. The molecular formula is C26H37NO2. The van der Waals surface area contributed by atoms with Crippen molar-refractivity contribution in [2.75, 3.05) is 13.1 Å². The maximum atomic E-state index is 12.0. The molecule has 0 spiro atoms. The van der Waals surface area contributed by atoms with E-state index < -0.39 is 5.60 Å². The first kappa shape index (κ1) is 18.9. The van der Waals surface area contributed by atoms with Crippen LogP contribution in [0.15, 0.2) is 0 Å². The highest BCUT2D eigenvalue weighted by molar-refractivity contribution is 5.81. The highest BCUT2D eigenvalue weighted by Gasteiger charge is 2.76. The maximum Gasteiger partial charge on any atom is 0.146 e. The minimum atomic E-state index is -0.878. The highest BCUT2D eigenvalue weighted by atomic mass is 16.3. The molecule has 5 saturated carbocycles. The molecule has 0 amide bonds. The van der Waals surface area contributed by atoms with Crippen molar-refractivity contribution in [1.29, 1.82) is 0 Å². The lowest BCUT2D eigenvalue weighted by molar-refractivity contribution is -0.125. The van der Waals surface area contributed by atoms with Gasteiger partial charge in [-0.25, -0.2) is 0 Å². The number of terminal acetylenes is 1. The summed E-state index contributed by atoms with van der Waals surface area (Å²) in [7, 11) is 0. The molecule has 6 aliphatic rings. The number of carbonyl (C=O) groups is 1. The van der Waals surface area contributed by atoms with E-state index in [2.05, 4.69) is 17.7 Å². The van der Waals surface area contributed by atoms with Crippen molar-refractivity contribution >= 4 is 5.78 Å². The molecule has 8 atom stereocenters. The van der Waals surface area contributed by atoms with Gasteiger partial charge in [-0.15, -0.1) is 6.42 Å². The molecule has 6 fully saturated rings. The Labute approximate surface area is 176 Å². The summed E-state index contributed by atoms with van der Waals surface area (Å²) >= 11 is 0. The number of likely N-dealkylation sites (tertiary alicyclic amines) is 1. The number of ketones is 1. The summed E-state index contributed by atoms with van der Waals surface area (Å²) in [5.41, 5.74) is 0.216. The Morgan fingerprint density at radius 1 is 1.10 bits per heavy atom. The summed E-state index contributed by atoms with van der Waals surface area (Å²) in [6, 6.07) is 0.651. The lowest BCUT2D eigenvalue weighted by Crippen LogP contribution is -2.54. The average Bonchev–Trinajstić information content (AvgIpc) is 3.34. The summed E-state index contributed by atoms with van der Waals surface area (Å²) < 4.78 is 0. The summed E-state index contributed by atoms with van der Waals surface area (Å²) in [5.74, 6) is 5.53. The Bertz CT molecular complexity index is 786. The van der Waals surface area contributed by atoms with Crippen LogP contribution >= 0.6 is 0 Å². The van der Waals surface area contributed by atoms with E-state index in [1.165, 1.54) is 44.9 Å². The molecule has 0 aromatic rings. The third-order valence-electron chi connectivity index (χ3n) is 11.4. The van der Waals surface area contributed by atoms with Gasteiger partial charge in [0.25, 0.3) is 0 Å². The van der Waals surface area contributed by atoms with Crippen molar-refractivity contribution in [2.45, 2.75) is 95.6 Å². The third-order valence-corrected chi connectivity index (χ3v) is 11.4. The lowest BCUT2D eigenvalue weighted by atomic mass is 9.49. The Morgan fingerprint density at radius 2 is 1.93 bits per heavy atom. The van der Waals surface area contributed by atoms with E-state index in [0.717, 1.165) is 50.5 Å². The fourth-order valence-electron chi connectivity index (χ4n) is 9.87. The standard InChI is InChI=1S/C26H37NO2/c1-3-26(29)13-9-21-20-7-11-24-15-18(27-14-4-5-19(28)16-27)6-12-25(24,17-24)22(20)8-10-23(21,26)2/h1,18,20-22,29H,4-17H2,2H3/t18?,20-,21-,22-,23-,24+,25-,26-/m0/s1. The minimum Gasteiger partial charge on any atom is -0.377 e. The minimum absolute atomic E-state index is 0.0696. The first-order valence-electron chi connectivity index (χ1n) is 12.3. The summed E-state index contributed by atoms with van der Waals surface area (Å²) in [6.07, 6.45) is 20.2. The molecule has 0 aromatic heterocycles. The van der Waals surface area contributed by atoms with Gasteiger partial charge in [-0.05, 0) is 106 Å². The van der Waals surface area contributed by atoms with Gasteiger partial charge in [0.05, 0.1) is 6.54 Å². The van der Waals surface area contributed by atoms with E-state index >= 15 is 0 Å². The normalized spacial score (nSPS) is 56.5. The van der Waals surface area contributed by atoms with Gasteiger partial charge in [-0.2, -0.15) is 0 Å².